The molecular formula is C6H10N2O5P2+2. The summed E-state index contributed by atoms with van der Waals surface area (Å²) in [5, 5.41) is 2.96. The molecule has 0 bridgehead atoms. The van der Waals surface area contributed by atoms with Gasteiger partial charge in [0.15, 0.2) is 4.31 Å². The van der Waals surface area contributed by atoms with E-state index in [1.165, 1.54) is 0 Å². The Kier molecular flexibility index (Phi) is 7.81. The quantitative estimate of drug-likeness (QED) is 0.698. The summed E-state index contributed by atoms with van der Waals surface area (Å²) in [6.07, 6.45) is 3.53. The lowest BCUT2D eigenvalue weighted by atomic mass is 10.4. The molecule has 0 spiro atoms. The Hall–Kier alpha value is -0.970. The van der Waals surface area contributed by atoms with E-state index in [0.29, 0.717) is 0 Å². The first-order valence-electron chi connectivity index (χ1n) is 3.64. The minimum Gasteiger partial charge on any atom is -0.387 e. The minimum atomic E-state index is -2.92. The number of nitrogens with one attached hydrogen (secondary N) is 1. The zero-order valence-corrected chi connectivity index (χ0v) is 9.56. The van der Waals surface area contributed by atoms with Crippen LogP contribution in [0.3, 0.4) is 0 Å². The van der Waals surface area contributed by atoms with Crippen molar-refractivity contribution in [3.05, 3.63) is 24.5 Å². The van der Waals surface area contributed by atoms with Crippen LogP contribution in [0.15, 0.2) is 24.5 Å². The van der Waals surface area contributed by atoms with Gasteiger partial charge in [-0.2, -0.15) is 0 Å². The number of aromatic nitrogens is 1. The average molecular weight is 252 g/mol. The topological polar surface area (TPSA) is 109 Å². The van der Waals surface area contributed by atoms with E-state index in [0.717, 1.165) is 5.69 Å². The van der Waals surface area contributed by atoms with Gasteiger partial charge in [0.1, 0.15) is 0 Å². The highest BCUT2D eigenvalue weighted by Gasteiger charge is 2.31. The van der Waals surface area contributed by atoms with Gasteiger partial charge in [-0.3, -0.25) is 4.98 Å². The molecule has 0 aliphatic carbocycles. The third-order valence-corrected chi connectivity index (χ3v) is 2.21. The summed E-state index contributed by atoms with van der Waals surface area (Å²) in [7, 11) is -3.98. The van der Waals surface area contributed by atoms with Crippen LogP contribution in [0.1, 0.15) is 0 Å². The van der Waals surface area contributed by atoms with Crippen LogP contribution in [0.2, 0.25) is 0 Å². The lowest BCUT2D eigenvalue weighted by Gasteiger charge is -1.93. The molecule has 0 saturated heterocycles. The van der Waals surface area contributed by atoms with Crippen LogP contribution in [-0.2, 0) is 13.4 Å². The number of hydrogen-bond donors (Lipinski definition) is 3. The van der Waals surface area contributed by atoms with E-state index in [1.54, 1.807) is 12.4 Å². The van der Waals surface area contributed by atoms with Gasteiger partial charge >= 0.3 is 16.5 Å². The summed E-state index contributed by atoms with van der Waals surface area (Å²) < 4.78 is 22.2. The Morgan fingerprint density at radius 1 is 1.40 bits per heavy atom. The summed E-state index contributed by atoms with van der Waals surface area (Å²) in [6, 6.07) is 3.86. The summed E-state index contributed by atoms with van der Waals surface area (Å²) in [6.45, 7) is 0. The molecule has 15 heavy (non-hydrogen) atoms. The molecule has 1 aromatic rings. The van der Waals surface area contributed by atoms with Crippen LogP contribution in [0.25, 0.3) is 0 Å². The maximum atomic E-state index is 9.39. The van der Waals surface area contributed by atoms with Gasteiger partial charge in [-0.25, -0.2) is 0 Å². The van der Waals surface area contributed by atoms with Crippen LogP contribution < -0.4 is 5.32 Å². The van der Waals surface area contributed by atoms with Crippen LogP contribution in [0, 0.1) is 0 Å². The zero-order valence-electron chi connectivity index (χ0n) is 7.77. The second kappa shape index (κ2) is 8.35. The number of rotatable bonds is 3. The third-order valence-electron chi connectivity index (χ3n) is 1.09. The molecule has 1 aromatic heterocycles. The first-order chi connectivity index (χ1) is 7.06. The molecule has 0 aliphatic rings. The monoisotopic (exact) mass is 252 g/mol. The van der Waals surface area contributed by atoms with Crippen LogP contribution in [-0.4, -0.2) is 21.8 Å². The highest BCUT2D eigenvalue weighted by Crippen LogP contribution is 2.30. The fourth-order valence-corrected chi connectivity index (χ4v) is 1.05. The highest BCUT2D eigenvalue weighted by atomic mass is 31.2. The van der Waals surface area contributed by atoms with Gasteiger partial charge in [-0.05, 0) is 12.1 Å². The fraction of sp³-hybridized carbons (Fsp3) is 0.167. The van der Waals surface area contributed by atoms with Crippen molar-refractivity contribution in [2.45, 2.75) is 0 Å². The first-order valence-corrected chi connectivity index (χ1v) is 5.90. The summed E-state index contributed by atoms with van der Waals surface area (Å²) in [5.41, 5.74) is 1.05. The van der Waals surface area contributed by atoms with Gasteiger partial charge in [0.05, 0.1) is 5.69 Å². The van der Waals surface area contributed by atoms with Crippen molar-refractivity contribution in [1.82, 2.24) is 4.98 Å². The molecule has 0 aromatic carbocycles. The molecule has 82 valence electrons. The van der Waals surface area contributed by atoms with Crippen LogP contribution >= 0.6 is 16.5 Å². The van der Waals surface area contributed by atoms with Crippen LogP contribution in [0.4, 0.5) is 5.69 Å². The fourth-order valence-electron chi connectivity index (χ4n) is 0.570. The van der Waals surface area contributed by atoms with E-state index in [1.807, 2.05) is 19.2 Å². The standard InChI is InChI=1S/C6H8N2.O5P2/c1-7-6-3-2-4-8-5-6;1-6(2)5-7(3)4/h2-5,7H,1H3;/p+2. The largest absolute Gasteiger partial charge is 0.745 e. The normalized spacial score (nSPS) is 10.9. The van der Waals surface area contributed by atoms with Crippen LogP contribution in [0.5, 0.6) is 0 Å². The van der Waals surface area contributed by atoms with E-state index >= 15 is 0 Å². The van der Waals surface area contributed by atoms with Gasteiger partial charge < -0.3 is 5.32 Å². The van der Waals surface area contributed by atoms with E-state index in [4.69, 9.17) is 9.79 Å². The number of hydrogen-bond acceptors (Lipinski definition) is 5. The Morgan fingerprint density at radius 3 is 2.20 bits per heavy atom. The molecule has 2 unspecified atom stereocenters. The average Bonchev–Trinajstić information content (AvgIpc) is 2.18. The number of anilines is 1. The second-order valence-corrected chi connectivity index (χ2v) is 3.65. The Bertz CT molecular complexity index is 309. The van der Waals surface area contributed by atoms with E-state index in [-0.39, 0.29) is 0 Å². The van der Waals surface area contributed by atoms with Crippen molar-refractivity contribution in [2.75, 3.05) is 12.4 Å². The number of nitrogens with zero attached hydrogens (tertiary/aromatic N) is 1. The van der Waals surface area contributed by atoms with Gasteiger partial charge in [-0.15, -0.1) is 9.79 Å². The molecule has 3 N–H and O–H groups in total. The molecule has 0 saturated carbocycles. The molecule has 9 heteroatoms. The molecule has 0 radical (unpaired) electrons. The summed E-state index contributed by atoms with van der Waals surface area (Å²) >= 11 is 0. The van der Waals surface area contributed by atoms with Crippen molar-refractivity contribution in [3.63, 3.8) is 0 Å². The third kappa shape index (κ3) is 9.34. The smallest absolute Gasteiger partial charge is 0.387 e. The van der Waals surface area contributed by atoms with Gasteiger partial charge in [-0.1, -0.05) is 0 Å². The lowest BCUT2D eigenvalue weighted by Crippen LogP contribution is -1.86. The van der Waals surface area contributed by atoms with Crippen molar-refractivity contribution in [2.24, 2.45) is 0 Å². The van der Waals surface area contributed by atoms with Crippen molar-refractivity contribution in [1.29, 1.82) is 0 Å². The van der Waals surface area contributed by atoms with Crippen molar-refractivity contribution in [3.8, 4) is 0 Å². The minimum absolute atomic E-state index is 1.05. The van der Waals surface area contributed by atoms with Crippen molar-refractivity contribution < 1.29 is 23.2 Å². The molecule has 2 atom stereocenters. The Balaban J connectivity index is 0.000000265. The molecule has 1 rings (SSSR count). The predicted molar refractivity (Wildman–Crippen MR) is 54.5 cm³/mol. The van der Waals surface area contributed by atoms with Gasteiger partial charge in [0.2, 0.25) is 0 Å². The molecule has 0 aliphatic heterocycles. The Labute approximate surface area is 88.0 Å². The maximum Gasteiger partial charge on any atom is 0.745 e. The van der Waals surface area contributed by atoms with E-state index < -0.39 is 16.5 Å². The summed E-state index contributed by atoms with van der Waals surface area (Å²) in [4.78, 5) is 19.2. The zero-order chi connectivity index (χ0) is 11.7. The molecule has 0 fully saturated rings. The van der Waals surface area contributed by atoms with E-state index in [9.17, 15) is 9.13 Å². The van der Waals surface area contributed by atoms with Gasteiger partial charge in [0.25, 0.3) is 0 Å². The second-order valence-electron chi connectivity index (χ2n) is 2.05. The lowest BCUT2D eigenvalue weighted by molar-refractivity contribution is 0.371. The molecule has 7 nitrogen and oxygen atoms in total. The summed E-state index contributed by atoms with van der Waals surface area (Å²) in [5.74, 6) is 0. The van der Waals surface area contributed by atoms with Gasteiger partial charge in [0, 0.05) is 28.6 Å². The molecular weight excluding hydrogens is 242 g/mol. The number of pyridine rings is 1. The van der Waals surface area contributed by atoms with E-state index in [2.05, 4.69) is 14.6 Å². The maximum absolute atomic E-state index is 9.39. The highest BCUT2D eigenvalue weighted by molar-refractivity contribution is 7.46. The molecule has 0 amide bonds. The Morgan fingerprint density at radius 2 is 2.00 bits per heavy atom. The van der Waals surface area contributed by atoms with Crippen molar-refractivity contribution >= 4 is 22.2 Å². The molecule has 1 heterocycles. The SMILES string of the molecule is CNc1cccnc1.O=[P+](O)O[P+](=O)O. The first kappa shape index (κ1) is 14.0. The predicted octanol–water partition coefficient (Wildman–Crippen LogP) is 1.43.